The molecule has 0 aliphatic rings. The molecule has 0 bridgehead atoms. The predicted octanol–water partition coefficient (Wildman–Crippen LogP) is 1.57. The average Bonchev–Trinajstić information content (AvgIpc) is 2.30. The number of thioether (sulfide) groups is 1. The van der Waals surface area contributed by atoms with E-state index in [-0.39, 0.29) is 17.0 Å². The fraction of sp³-hybridized carbons (Fsp3) is 0.300. The van der Waals surface area contributed by atoms with Gasteiger partial charge >= 0.3 is 11.9 Å². The summed E-state index contributed by atoms with van der Waals surface area (Å²) in [4.78, 5) is 25.3. The molecule has 0 aliphatic heterocycles. The van der Waals surface area contributed by atoms with Crippen molar-refractivity contribution >= 4 is 23.7 Å². The molecule has 0 amide bonds. The zero-order chi connectivity index (χ0) is 12.8. The SMILES string of the molecule is COC(=O)CCSc1ncc(F)cc1C(=O)O. The molecule has 0 fully saturated rings. The first-order chi connectivity index (χ1) is 8.04. The Labute approximate surface area is 101 Å². The van der Waals surface area contributed by atoms with Crippen molar-refractivity contribution in [3.05, 3.63) is 23.6 Å². The summed E-state index contributed by atoms with van der Waals surface area (Å²) in [6, 6.07) is 0.899. The lowest BCUT2D eigenvalue weighted by molar-refractivity contribution is -0.140. The predicted molar refractivity (Wildman–Crippen MR) is 58.5 cm³/mol. The van der Waals surface area contributed by atoms with E-state index >= 15 is 0 Å². The fourth-order valence-corrected chi connectivity index (χ4v) is 1.92. The zero-order valence-electron chi connectivity index (χ0n) is 8.97. The van der Waals surface area contributed by atoms with Gasteiger partial charge in [0.25, 0.3) is 0 Å². The summed E-state index contributed by atoms with van der Waals surface area (Å²) in [6.07, 6.45) is 1.08. The van der Waals surface area contributed by atoms with Gasteiger partial charge in [0, 0.05) is 5.75 Å². The van der Waals surface area contributed by atoms with Gasteiger partial charge in [0.1, 0.15) is 10.8 Å². The van der Waals surface area contributed by atoms with Crippen molar-refractivity contribution in [3.8, 4) is 0 Å². The van der Waals surface area contributed by atoms with Crippen LogP contribution < -0.4 is 0 Å². The number of rotatable bonds is 5. The third-order valence-electron chi connectivity index (χ3n) is 1.82. The Morgan fingerprint density at radius 3 is 2.88 bits per heavy atom. The van der Waals surface area contributed by atoms with Gasteiger partial charge in [-0.1, -0.05) is 0 Å². The van der Waals surface area contributed by atoms with E-state index in [2.05, 4.69) is 9.72 Å². The van der Waals surface area contributed by atoms with Gasteiger partial charge in [-0.3, -0.25) is 4.79 Å². The molecule has 1 heterocycles. The molecule has 0 aromatic carbocycles. The van der Waals surface area contributed by atoms with Crippen LogP contribution in [0.4, 0.5) is 4.39 Å². The highest BCUT2D eigenvalue weighted by Gasteiger charge is 2.13. The third kappa shape index (κ3) is 4.03. The van der Waals surface area contributed by atoms with E-state index in [4.69, 9.17) is 5.11 Å². The van der Waals surface area contributed by atoms with Crippen LogP contribution in [0.25, 0.3) is 0 Å². The van der Waals surface area contributed by atoms with Gasteiger partial charge in [-0.05, 0) is 6.07 Å². The van der Waals surface area contributed by atoms with Crippen molar-refractivity contribution in [1.82, 2.24) is 4.98 Å². The molecule has 0 unspecified atom stereocenters. The molecule has 7 heteroatoms. The maximum atomic E-state index is 12.8. The first kappa shape index (κ1) is 13.4. The van der Waals surface area contributed by atoms with Crippen LogP contribution in [-0.4, -0.2) is 34.9 Å². The molecule has 5 nitrogen and oxygen atoms in total. The van der Waals surface area contributed by atoms with Crippen molar-refractivity contribution in [3.63, 3.8) is 0 Å². The molecule has 92 valence electrons. The minimum absolute atomic E-state index is 0.138. The number of carbonyl (C=O) groups is 2. The second kappa shape index (κ2) is 6.19. The zero-order valence-corrected chi connectivity index (χ0v) is 9.79. The maximum Gasteiger partial charge on any atom is 0.338 e. The topological polar surface area (TPSA) is 76.5 Å². The van der Waals surface area contributed by atoms with Crippen LogP contribution in [0.5, 0.6) is 0 Å². The molecule has 0 atom stereocenters. The van der Waals surface area contributed by atoms with E-state index in [0.717, 1.165) is 24.0 Å². The number of hydrogen-bond donors (Lipinski definition) is 1. The van der Waals surface area contributed by atoms with Crippen LogP contribution in [0.3, 0.4) is 0 Å². The van der Waals surface area contributed by atoms with Crippen molar-refractivity contribution in [1.29, 1.82) is 0 Å². The molecule has 1 rings (SSSR count). The Hall–Kier alpha value is -1.63. The highest BCUT2D eigenvalue weighted by Crippen LogP contribution is 2.21. The Balaban J connectivity index is 2.70. The standard InChI is InChI=1S/C10H10FNO4S/c1-16-8(13)2-3-17-9-7(10(14)15)4-6(11)5-12-9/h4-5H,2-3H2,1H3,(H,14,15). The Kier molecular flexibility index (Phi) is 4.89. The lowest BCUT2D eigenvalue weighted by Gasteiger charge is -2.04. The number of aromatic nitrogens is 1. The van der Waals surface area contributed by atoms with Gasteiger partial charge in [-0.15, -0.1) is 11.8 Å². The molecule has 0 saturated heterocycles. The number of carboxylic acid groups (broad SMARTS) is 1. The van der Waals surface area contributed by atoms with Gasteiger partial charge in [0.15, 0.2) is 0 Å². The van der Waals surface area contributed by atoms with Crippen LogP contribution in [0, 0.1) is 5.82 Å². The van der Waals surface area contributed by atoms with Crippen LogP contribution in [0.15, 0.2) is 17.3 Å². The number of esters is 1. The summed E-state index contributed by atoms with van der Waals surface area (Å²) in [5.74, 6) is -2.03. The van der Waals surface area contributed by atoms with Crippen LogP contribution in [-0.2, 0) is 9.53 Å². The summed E-state index contributed by atoms with van der Waals surface area (Å²) in [6.45, 7) is 0. The third-order valence-corrected chi connectivity index (χ3v) is 2.83. The average molecular weight is 259 g/mol. The van der Waals surface area contributed by atoms with E-state index < -0.39 is 17.8 Å². The molecule has 17 heavy (non-hydrogen) atoms. The van der Waals surface area contributed by atoms with Gasteiger partial charge in [-0.25, -0.2) is 14.2 Å². The van der Waals surface area contributed by atoms with Crippen molar-refractivity contribution in [2.24, 2.45) is 0 Å². The second-order valence-electron chi connectivity index (χ2n) is 2.99. The fourth-order valence-electron chi connectivity index (χ4n) is 1.03. The largest absolute Gasteiger partial charge is 0.478 e. The first-order valence-corrected chi connectivity index (χ1v) is 5.61. The van der Waals surface area contributed by atoms with E-state index in [1.807, 2.05) is 0 Å². The number of halogens is 1. The number of ether oxygens (including phenoxy) is 1. The number of methoxy groups -OCH3 is 1. The Morgan fingerprint density at radius 1 is 1.59 bits per heavy atom. The van der Waals surface area contributed by atoms with Crippen molar-refractivity contribution in [2.75, 3.05) is 12.9 Å². The number of carboxylic acids is 1. The number of nitrogens with zero attached hydrogens (tertiary/aromatic N) is 1. The highest BCUT2D eigenvalue weighted by molar-refractivity contribution is 7.99. The van der Waals surface area contributed by atoms with Crippen molar-refractivity contribution in [2.45, 2.75) is 11.4 Å². The van der Waals surface area contributed by atoms with E-state index in [9.17, 15) is 14.0 Å². The maximum absolute atomic E-state index is 12.8. The van der Waals surface area contributed by atoms with E-state index in [1.165, 1.54) is 7.11 Å². The molecule has 0 spiro atoms. The molecular weight excluding hydrogens is 249 g/mol. The summed E-state index contributed by atoms with van der Waals surface area (Å²) in [5.41, 5.74) is -0.208. The lowest BCUT2D eigenvalue weighted by atomic mass is 10.3. The number of carbonyl (C=O) groups excluding carboxylic acids is 1. The summed E-state index contributed by atoms with van der Waals surface area (Å²) in [7, 11) is 1.27. The van der Waals surface area contributed by atoms with Crippen LogP contribution >= 0.6 is 11.8 Å². The molecular formula is C10H10FNO4S. The smallest absolute Gasteiger partial charge is 0.338 e. The second-order valence-corrected chi connectivity index (χ2v) is 4.07. The summed E-state index contributed by atoms with van der Waals surface area (Å²) in [5, 5.41) is 9.02. The molecule has 0 radical (unpaired) electrons. The number of aromatic carboxylic acids is 1. The van der Waals surface area contributed by atoms with Gasteiger partial charge in [0.05, 0.1) is 25.3 Å². The molecule has 1 aromatic heterocycles. The minimum atomic E-state index is -1.25. The first-order valence-electron chi connectivity index (χ1n) is 4.63. The van der Waals surface area contributed by atoms with Crippen molar-refractivity contribution < 1.29 is 23.8 Å². The van der Waals surface area contributed by atoms with E-state index in [0.29, 0.717) is 5.75 Å². The molecule has 1 aromatic rings. The minimum Gasteiger partial charge on any atom is -0.478 e. The van der Waals surface area contributed by atoms with Crippen LogP contribution in [0.1, 0.15) is 16.8 Å². The lowest BCUT2D eigenvalue weighted by Crippen LogP contribution is -2.04. The monoisotopic (exact) mass is 259 g/mol. The van der Waals surface area contributed by atoms with Gasteiger partial charge in [0.2, 0.25) is 0 Å². The molecule has 0 saturated carbocycles. The number of pyridine rings is 1. The highest BCUT2D eigenvalue weighted by atomic mass is 32.2. The molecule has 1 N–H and O–H groups in total. The quantitative estimate of drug-likeness (QED) is 0.639. The normalized spacial score (nSPS) is 10.0. The Bertz CT molecular complexity index is 438. The van der Waals surface area contributed by atoms with Crippen LogP contribution in [0.2, 0.25) is 0 Å². The van der Waals surface area contributed by atoms with E-state index in [1.54, 1.807) is 0 Å². The summed E-state index contributed by atoms with van der Waals surface area (Å²) >= 11 is 1.07. The number of hydrogen-bond acceptors (Lipinski definition) is 5. The van der Waals surface area contributed by atoms with Gasteiger partial charge < -0.3 is 9.84 Å². The summed E-state index contributed by atoms with van der Waals surface area (Å²) < 4.78 is 17.2. The van der Waals surface area contributed by atoms with Gasteiger partial charge in [-0.2, -0.15) is 0 Å². The molecule has 0 aliphatic carbocycles. The Morgan fingerprint density at radius 2 is 2.29 bits per heavy atom.